The molecule has 1 aromatic carbocycles. The summed E-state index contributed by atoms with van der Waals surface area (Å²) >= 11 is 5.79. The van der Waals surface area contributed by atoms with Crippen LogP contribution in [-0.2, 0) is 23.2 Å². The number of benzene rings is 1. The highest BCUT2D eigenvalue weighted by molar-refractivity contribution is 7.90. The van der Waals surface area contributed by atoms with E-state index in [0.29, 0.717) is 19.2 Å². The molecule has 0 bridgehead atoms. The van der Waals surface area contributed by atoms with Crippen LogP contribution in [0.15, 0.2) is 32.7 Å². The van der Waals surface area contributed by atoms with Gasteiger partial charge in [-0.15, -0.1) is 0 Å². The van der Waals surface area contributed by atoms with Crippen molar-refractivity contribution in [2.45, 2.75) is 31.0 Å². The molecule has 0 spiro atoms. The Morgan fingerprint density at radius 3 is 2.25 bits per heavy atom. The molecule has 0 unspecified atom stereocenters. The largest absolute Gasteiger partial charge is 0.431 e. The number of alkyl halides is 3. The highest BCUT2D eigenvalue weighted by Gasteiger charge is 2.35. The zero-order valence-corrected chi connectivity index (χ0v) is 18.6. The van der Waals surface area contributed by atoms with Gasteiger partial charge in [0.2, 0.25) is 0 Å². The van der Waals surface area contributed by atoms with E-state index in [1.807, 2.05) is 0 Å². The molecule has 9 nitrogen and oxygen atoms in total. The van der Waals surface area contributed by atoms with Crippen molar-refractivity contribution in [2.75, 3.05) is 7.05 Å². The Balaban J connectivity index is 2.72. The maximum absolute atomic E-state index is 14.5. The first-order chi connectivity index (χ1) is 14.5. The van der Waals surface area contributed by atoms with Crippen LogP contribution in [0.1, 0.15) is 19.5 Å². The maximum atomic E-state index is 14.5. The molecule has 0 saturated heterocycles. The molecule has 0 saturated carbocycles. The molecule has 2 amide bonds. The van der Waals surface area contributed by atoms with Crippen LogP contribution < -0.4 is 16.0 Å². The summed E-state index contributed by atoms with van der Waals surface area (Å²) in [5, 5.41) is -0.699. The van der Waals surface area contributed by atoms with E-state index in [2.05, 4.69) is 0 Å². The number of rotatable bonds is 4. The predicted octanol–water partition coefficient (Wildman–Crippen LogP) is 2.09. The van der Waals surface area contributed by atoms with E-state index in [1.165, 1.54) is 7.05 Å². The zero-order chi connectivity index (χ0) is 24.8. The lowest BCUT2D eigenvalue weighted by atomic mass is 10.3. The van der Waals surface area contributed by atoms with Gasteiger partial charge in [-0.1, -0.05) is 11.6 Å². The van der Waals surface area contributed by atoms with Gasteiger partial charge in [-0.3, -0.25) is 9.36 Å². The van der Waals surface area contributed by atoms with Gasteiger partial charge in [-0.2, -0.15) is 13.2 Å². The minimum atomic E-state index is -5.05. The van der Waals surface area contributed by atoms with E-state index in [0.717, 1.165) is 4.90 Å². The van der Waals surface area contributed by atoms with Crippen LogP contribution in [0.2, 0.25) is 5.02 Å². The van der Waals surface area contributed by atoms with Crippen LogP contribution >= 0.6 is 11.6 Å². The maximum Gasteiger partial charge on any atom is 0.431 e. The third-order valence-electron chi connectivity index (χ3n) is 4.46. The molecular weight excluding hydrogens is 484 g/mol. The van der Waals surface area contributed by atoms with Crippen molar-refractivity contribution in [1.29, 1.82) is 0 Å². The molecule has 0 fully saturated rings. The summed E-state index contributed by atoms with van der Waals surface area (Å²) in [5.41, 5.74) is -5.71. The van der Waals surface area contributed by atoms with Crippen LogP contribution in [-0.4, -0.2) is 41.6 Å². The van der Waals surface area contributed by atoms with Crippen molar-refractivity contribution >= 4 is 27.7 Å². The van der Waals surface area contributed by atoms with E-state index in [1.54, 1.807) is 18.6 Å². The SMILES string of the molecule is CC(C)N(C)C(=O)NS(=O)(=O)c1cc(-n2c(=O)cc(C(F)(F)F)n(C)c2=O)c(F)cc1Cl. The smallest absolute Gasteiger partial charge is 0.325 e. The number of carbonyl (C=O) groups excluding carboxylic acids is 1. The van der Waals surface area contributed by atoms with Crippen molar-refractivity contribution in [2.24, 2.45) is 7.05 Å². The summed E-state index contributed by atoms with van der Waals surface area (Å²) in [6, 6.07) is -0.462. The molecule has 2 rings (SSSR count). The molecule has 0 radical (unpaired) electrons. The van der Waals surface area contributed by atoms with E-state index >= 15 is 0 Å². The molecule has 1 aromatic heterocycles. The molecular formula is C17H17ClF4N4O5S. The van der Waals surface area contributed by atoms with Gasteiger partial charge >= 0.3 is 17.9 Å². The second-order valence-electron chi connectivity index (χ2n) is 6.89. The molecule has 2 aromatic rings. The van der Waals surface area contributed by atoms with Crippen LogP contribution in [0.25, 0.3) is 5.69 Å². The third kappa shape index (κ3) is 4.80. The lowest BCUT2D eigenvalue weighted by molar-refractivity contribution is -0.144. The van der Waals surface area contributed by atoms with E-state index in [-0.39, 0.29) is 15.2 Å². The second kappa shape index (κ2) is 8.58. The molecule has 0 aliphatic heterocycles. The number of nitrogens with zero attached hydrogens (tertiary/aromatic N) is 3. The summed E-state index contributed by atoms with van der Waals surface area (Å²) < 4.78 is 80.6. The highest BCUT2D eigenvalue weighted by Crippen LogP contribution is 2.28. The lowest BCUT2D eigenvalue weighted by Crippen LogP contribution is -2.44. The molecule has 15 heteroatoms. The number of halogens is 5. The number of carbonyl (C=O) groups is 1. The Hall–Kier alpha value is -2.87. The average molecular weight is 501 g/mol. The summed E-state index contributed by atoms with van der Waals surface area (Å²) in [6.07, 6.45) is -5.05. The standard InChI is InChI=1S/C17H17ClF4N4O5S/c1-8(2)24(3)15(28)23-32(30,31)12-6-11(10(19)5-9(12)18)26-14(27)7-13(17(20,21)22)25(4)16(26)29/h5-8H,1-4H3,(H,23,28). The predicted molar refractivity (Wildman–Crippen MR) is 106 cm³/mol. The molecule has 0 atom stereocenters. The minimum absolute atomic E-state index is 0.0159. The van der Waals surface area contributed by atoms with Gasteiger partial charge in [-0.05, 0) is 26.0 Å². The number of amides is 2. The summed E-state index contributed by atoms with van der Waals surface area (Å²) in [5.74, 6) is -1.36. The highest BCUT2D eigenvalue weighted by atomic mass is 35.5. The fourth-order valence-electron chi connectivity index (χ4n) is 2.49. The Kier molecular flexibility index (Phi) is 6.81. The van der Waals surface area contributed by atoms with Crippen LogP contribution in [0.3, 0.4) is 0 Å². The lowest BCUT2D eigenvalue weighted by Gasteiger charge is -2.22. The average Bonchev–Trinajstić information content (AvgIpc) is 2.63. The Labute approximate surface area is 183 Å². The number of hydrogen-bond donors (Lipinski definition) is 1. The Morgan fingerprint density at radius 1 is 1.19 bits per heavy atom. The van der Waals surface area contributed by atoms with Crippen molar-refractivity contribution in [1.82, 2.24) is 18.8 Å². The monoisotopic (exact) mass is 500 g/mol. The van der Waals surface area contributed by atoms with Gasteiger partial charge in [0.1, 0.15) is 16.4 Å². The number of aromatic nitrogens is 2. The van der Waals surface area contributed by atoms with Crippen LogP contribution in [0.5, 0.6) is 0 Å². The summed E-state index contributed by atoms with van der Waals surface area (Å²) in [6.45, 7) is 3.20. The molecule has 0 aliphatic carbocycles. The molecule has 176 valence electrons. The van der Waals surface area contributed by atoms with Gasteiger partial charge in [-0.25, -0.2) is 31.7 Å². The number of urea groups is 1. The van der Waals surface area contributed by atoms with Crippen molar-refractivity contribution < 1.29 is 30.8 Å². The van der Waals surface area contributed by atoms with E-state index < -0.39 is 66.6 Å². The van der Waals surface area contributed by atoms with E-state index in [4.69, 9.17) is 11.6 Å². The molecule has 1 N–H and O–H groups in total. The quantitative estimate of drug-likeness (QED) is 0.646. The van der Waals surface area contributed by atoms with Crippen molar-refractivity contribution in [3.05, 3.63) is 55.6 Å². The van der Waals surface area contributed by atoms with Gasteiger partial charge in [0.05, 0.1) is 10.7 Å². The zero-order valence-electron chi connectivity index (χ0n) is 17.0. The van der Waals surface area contributed by atoms with Gasteiger partial charge in [0, 0.05) is 26.2 Å². The summed E-state index contributed by atoms with van der Waals surface area (Å²) in [7, 11) is -2.72. The number of nitrogens with one attached hydrogen (secondary N) is 1. The first-order valence-corrected chi connectivity index (χ1v) is 10.5. The number of sulfonamides is 1. The van der Waals surface area contributed by atoms with Crippen molar-refractivity contribution in [3.8, 4) is 5.69 Å². The van der Waals surface area contributed by atoms with Crippen molar-refractivity contribution in [3.63, 3.8) is 0 Å². The first kappa shape index (κ1) is 25.4. The topological polar surface area (TPSA) is 110 Å². The Morgan fingerprint density at radius 2 is 1.75 bits per heavy atom. The molecule has 32 heavy (non-hydrogen) atoms. The van der Waals surface area contributed by atoms with E-state index in [9.17, 15) is 40.4 Å². The third-order valence-corrected chi connectivity index (χ3v) is 6.24. The van der Waals surface area contributed by atoms with Gasteiger partial charge < -0.3 is 4.90 Å². The van der Waals surface area contributed by atoms with Crippen LogP contribution in [0.4, 0.5) is 22.4 Å². The number of hydrogen-bond acceptors (Lipinski definition) is 5. The fourth-order valence-corrected chi connectivity index (χ4v) is 4.01. The molecule has 1 heterocycles. The first-order valence-electron chi connectivity index (χ1n) is 8.68. The molecule has 0 aliphatic rings. The van der Waals surface area contributed by atoms with Crippen LogP contribution in [0, 0.1) is 5.82 Å². The van der Waals surface area contributed by atoms with Gasteiger partial charge in [0.25, 0.3) is 15.6 Å². The second-order valence-corrected chi connectivity index (χ2v) is 8.95. The Bertz CT molecular complexity index is 1300. The summed E-state index contributed by atoms with van der Waals surface area (Å²) in [4.78, 5) is 36.9. The van der Waals surface area contributed by atoms with Gasteiger partial charge in [0.15, 0.2) is 0 Å². The fraction of sp³-hybridized carbons (Fsp3) is 0.353. The normalized spacial score (nSPS) is 12.2. The minimum Gasteiger partial charge on any atom is -0.325 e.